The number of oxime groups is 1. The van der Waals surface area contributed by atoms with Crippen LogP contribution in [0.5, 0.6) is 0 Å². The van der Waals surface area contributed by atoms with E-state index in [4.69, 9.17) is 17.4 Å². The average molecular weight is 263 g/mol. The number of nitrogens with zero attached hydrogens (tertiary/aromatic N) is 1. The van der Waals surface area contributed by atoms with Crippen LogP contribution in [0.3, 0.4) is 0 Å². The predicted octanol–water partition coefficient (Wildman–Crippen LogP) is 1.24. The molecule has 0 radical (unpaired) electrons. The molecule has 5 heteroatoms. The fraction of sp³-hybridized carbons (Fsp3) is 0.308. The summed E-state index contributed by atoms with van der Waals surface area (Å²) in [6.45, 7) is 1.56. The van der Waals surface area contributed by atoms with Crippen LogP contribution in [0.15, 0.2) is 29.4 Å². The van der Waals surface area contributed by atoms with Crippen molar-refractivity contribution in [3.8, 4) is 12.3 Å². The van der Waals surface area contributed by atoms with Crippen molar-refractivity contribution in [1.82, 2.24) is 5.32 Å². The van der Waals surface area contributed by atoms with E-state index in [1.807, 2.05) is 24.3 Å². The van der Waals surface area contributed by atoms with Gasteiger partial charge in [-0.05, 0) is 5.56 Å². The van der Waals surface area contributed by atoms with E-state index >= 15 is 0 Å². The van der Waals surface area contributed by atoms with Crippen LogP contribution in [0.25, 0.3) is 0 Å². The van der Waals surface area contributed by atoms with Gasteiger partial charge in [0.1, 0.15) is 0 Å². The van der Waals surface area contributed by atoms with Crippen molar-refractivity contribution in [2.24, 2.45) is 10.9 Å². The first-order valence-electron chi connectivity index (χ1n) is 5.57. The summed E-state index contributed by atoms with van der Waals surface area (Å²) >= 11 is 1.72. The number of benzene rings is 1. The van der Waals surface area contributed by atoms with Crippen molar-refractivity contribution in [1.29, 1.82) is 0 Å². The minimum Gasteiger partial charge on any atom is -0.409 e. The van der Waals surface area contributed by atoms with Gasteiger partial charge in [-0.15, -0.1) is 18.2 Å². The Morgan fingerprint density at radius 2 is 2.28 bits per heavy atom. The van der Waals surface area contributed by atoms with Crippen LogP contribution in [0.2, 0.25) is 0 Å². The van der Waals surface area contributed by atoms with Gasteiger partial charge in [-0.3, -0.25) is 0 Å². The molecule has 18 heavy (non-hydrogen) atoms. The summed E-state index contributed by atoms with van der Waals surface area (Å²) in [5, 5.41) is 15.0. The number of thioether (sulfide) groups is 1. The number of nitrogens with two attached hydrogens (primary N) is 1. The highest BCUT2D eigenvalue weighted by molar-refractivity contribution is 7.99. The zero-order chi connectivity index (χ0) is 13.2. The summed E-state index contributed by atoms with van der Waals surface area (Å²) in [5.74, 6) is 4.42. The molecular formula is C13H17N3OS. The molecule has 0 heterocycles. The number of amidine groups is 1. The third kappa shape index (κ3) is 4.70. The molecule has 0 aromatic heterocycles. The lowest BCUT2D eigenvalue weighted by Gasteiger charge is -2.09. The van der Waals surface area contributed by atoms with Gasteiger partial charge in [0.2, 0.25) is 0 Å². The van der Waals surface area contributed by atoms with Gasteiger partial charge in [-0.1, -0.05) is 35.3 Å². The number of rotatable bonds is 7. The Morgan fingerprint density at radius 3 is 3.00 bits per heavy atom. The number of hydrogen-bond donors (Lipinski definition) is 3. The van der Waals surface area contributed by atoms with Crippen molar-refractivity contribution in [3.63, 3.8) is 0 Å². The minimum atomic E-state index is 0.133. The van der Waals surface area contributed by atoms with Gasteiger partial charge in [-0.2, -0.15) is 0 Å². The summed E-state index contributed by atoms with van der Waals surface area (Å²) < 4.78 is 0. The van der Waals surface area contributed by atoms with Crippen LogP contribution >= 0.6 is 11.8 Å². The van der Waals surface area contributed by atoms with Crippen molar-refractivity contribution >= 4 is 17.6 Å². The summed E-state index contributed by atoms with van der Waals surface area (Å²) in [5.41, 5.74) is 7.37. The minimum absolute atomic E-state index is 0.133. The van der Waals surface area contributed by atoms with Gasteiger partial charge in [0.05, 0.1) is 5.75 Å². The molecule has 0 spiro atoms. The molecular weight excluding hydrogens is 246 g/mol. The van der Waals surface area contributed by atoms with E-state index in [9.17, 15) is 0 Å². The monoisotopic (exact) mass is 263 g/mol. The van der Waals surface area contributed by atoms with Gasteiger partial charge in [-0.25, -0.2) is 0 Å². The Hall–Kier alpha value is -1.64. The molecule has 0 atom stereocenters. The molecule has 0 saturated carbocycles. The highest BCUT2D eigenvalue weighted by atomic mass is 32.2. The predicted molar refractivity (Wildman–Crippen MR) is 76.8 cm³/mol. The molecule has 96 valence electrons. The maximum atomic E-state index is 8.70. The van der Waals surface area contributed by atoms with Crippen molar-refractivity contribution < 1.29 is 5.21 Å². The standard InChI is InChI=1S/C13H17N3OS/c1-2-8-18-9-7-15-10-11-5-3-4-6-12(11)13(14)16-17/h1,3-6,15,17H,7-10H2,(H2,14,16). The van der Waals surface area contributed by atoms with Gasteiger partial charge >= 0.3 is 0 Å². The number of terminal acetylenes is 1. The van der Waals surface area contributed by atoms with Crippen molar-refractivity contribution in [3.05, 3.63) is 35.4 Å². The Morgan fingerprint density at radius 1 is 1.50 bits per heavy atom. The van der Waals surface area contributed by atoms with Crippen LogP contribution in [0.1, 0.15) is 11.1 Å². The molecule has 0 unspecified atom stereocenters. The Bertz CT molecular complexity index is 440. The summed E-state index contributed by atoms with van der Waals surface area (Å²) in [7, 11) is 0. The molecule has 0 aliphatic carbocycles. The maximum Gasteiger partial charge on any atom is 0.170 e. The molecule has 1 aromatic carbocycles. The third-order valence-electron chi connectivity index (χ3n) is 2.33. The zero-order valence-corrected chi connectivity index (χ0v) is 10.9. The fourth-order valence-corrected chi connectivity index (χ4v) is 2.03. The Labute approximate surface area is 112 Å². The van der Waals surface area contributed by atoms with Crippen LogP contribution < -0.4 is 11.1 Å². The number of nitrogens with one attached hydrogen (secondary N) is 1. The van der Waals surface area contributed by atoms with Crippen LogP contribution in [0.4, 0.5) is 0 Å². The highest BCUT2D eigenvalue weighted by Gasteiger charge is 2.05. The fourth-order valence-electron chi connectivity index (χ4n) is 1.48. The van der Waals surface area contributed by atoms with E-state index in [1.54, 1.807) is 11.8 Å². The van der Waals surface area contributed by atoms with Gasteiger partial charge in [0.25, 0.3) is 0 Å². The third-order valence-corrected chi connectivity index (χ3v) is 3.19. The lowest BCUT2D eigenvalue weighted by Crippen LogP contribution is -2.21. The lowest BCUT2D eigenvalue weighted by atomic mass is 10.1. The molecule has 0 saturated heterocycles. The average Bonchev–Trinajstić information content (AvgIpc) is 2.42. The van der Waals surface area contributed by atoms with E-state index in [2.05, 4.69) is 16.4 Å². The topological polar surface area (TPSA) is 70.6 Å². The van der Waals surface area contributed by atoms with E-state index in [0.29, 0.717) is 6.54 Å². The van der Waals surface area contributed by atoms with Crippen LogP contribution in [0, 0.1) is 12.3 Å². The summed E-state index contributed by atoms with van der Waals surface area (Å²) in [6, 6.07) is 7.58. The molecule has 0 aliphatic heterocycles. The van der Waals surface area contributed by atoms with E-state index in [0.717, 1.165) is 29.2 Å². The Balaban J connectivity index is 2.45. The maximum absolute atomic E-state index is 8.70. The van der Waals surface area contributed by atoms with E-state index in [-0.39, 0.29) is 5.84 Å². The van der Waals surface area contributed by atoms with Gasteiger partial charge in [0, 0.05) is 24.4 Å². The molecule has 1 aromatic rings. The lowest BCUT2D eigenvalue weighted by molar-refractivity contribution is 0.318. The first-order chi connectivity index (χ1) is 8.79. The second-order valence-corrected chi connectivity index (χ2v) is 4.68. The smallest absolute Gasteiger partial charge is 0.170 e. The van der Waals surface area contributed by atoms with Gasteiger partial charge in [0.15, 0.2) is 5.84 Å². The second kappa shape index (κ2) is 8.45. The summed E-state index contributed by atoms with van der Waals surface area (Å²) in [4.78, 5) is 0. The molecule has 4 nitrogen and oxygen atoms in total. The second-order valence-electron chi connectivity index (χ2n) is 3.58. The highest BCUT2D eigenvalue weighted by Crippen LogP contribution is 2.08. The molecule has 0 amide bonds. The molecule has 0 aliphatic rings. The molecule has 4 N–H and O–H groups in total. The molecule has 0 fully saturated rings. The van der Waals surface area contributed by atoms with Crippen molar-refractivity contribution in [2.45, 2.75) is 6.54 Å². The number of hydrogen-bond acceptors (Lipinski definition) is 4. The first-order valence-corrected chi connectivity index (χ1v) is 6.72. The van der Waals surface area contributed by atoms with E-state index in [1.165, 1.54) is 0 Å². The normalized spacial score (nSPS) is 11.2. The van der Waals surface area contributed by atoms with Gasteiger partial charge < -0.3 is 16.3 Å². The molecule has 1 rings (SSSR count). The van der Waals surface area contributed by atoms with Crippen molar-refractivity contribution in [2.75, 3.05) is 18.1 Å². The molecule has 0 bridgehead atoms. The quantitative estimate of drug-likeness (QED) is 0.173. The summed E-state index contributed by atoms with van der Waals surface area (Å²) in [6.07, 6.45) is 5.16. The van der Waals surface area contributed by atoms with E-state index < -0.39 is 0 Å². The zero-order valence-electron chi connectivity index (χ0n) is 10.1. The Kier molecular flexibility index (Phi) is 6.77. The first kappa shape index (κ1) is 14.4. The largest absolute Gasteiger partial charge is 0.409 e. The van der Waals surface area contributed by atoms with Crippen LogP contribution in [-0.2, 0) is 6.54 Å². The van der Waals surface area contributed by atoms with Crippen LogP contribution in [-0.4, -0.2) is 29.1 Å². The SMILES string of the molecule is C#CCSCCNCc1ccccc1/C(N)=N\O.